The third-order valence-electron chi connectivity index (χ3n) is 5.61. The second-order valence-electron chi connectivity index (χ2n) is 8.45. The Labute approximate surface area is 223 Å². The van der Waals surface area contributed by atoms with Gasteiger partial charge in [0.05, 0.1) is 34.2 Å². The lowest BCUT2D eigenvalue weighted by Gasteiger charge is -2.10. The number of aromatic nitrogens is 5. The molecule has 38 heavy (non-hydrogen) atoms. The number of rotatable bonds is 7. The zero-order valence-electron chi connectivity index (χ0n) is 19.8. The van der Waals surface area contributed by atoms with Crippen LogP contribution in [-0.4, -0.2) is 37.1 Å². The van der Waals surface area contributed by atoms with E-state index in [-0.39, 0.29) is 29.1 Å². The third-order valence-corrected chi connectivity index (χ3v) is 7.09. The Morgan fingerprint density at radius 3 is 2.66 bits per heavy atom. The molecular weight excluding hydrogens is 543 g/mol. The summed E-state index contributed by atoms with van der Waals surface area (Å²) >= 11 is 6.68. The third kappa shape index (κ3) is 5.80. The topological polar surface area (TPSA) is 118 Å². The minimum Gasteiger partial charge on any atom is -0.346 e. The van der Waals surface area contributed by atoms with E-state index in [0.717, 1.165) is 34.5 Å². The summed E-state index contributed by atoms with van der Waals surface area (Å²) in [6, 6.07) is 6.11. The van der Waals surface area contributed by atoms with Crippen molar-refractivity contribution >= 4 is 34.7 Å². The quantitative estimate of drug-likeness (QED) is 0.289. The van der Waals surface area contributed by atoms with Gasteiger partial charge in [-0.2, -0.15) is 13.2 Å². The average molecular weight is 562 g/mol. The molecule has 4 aromatic rings. The summed E-state index contributed by atoms with van der Waals surface area (Å²) in [4.78, 5) is 33.7. The van der Waals surface area contributed by atoms with Crippen LogP contribution in [0.5, 0.6) is 0 Å². The number of epoxide rings is 1. The number of halogens is 4. The molecule has 2 N–H and O–H groups in total. The Kier molecular flexibility index (Phi) is 7.09. The van der Waals surface area contributed by atoms with Crippen molar-refractivity contribution in [3.63, 3.8) is 0 Å². The van der Waals surface area contributed by atoms with Gasteiger partial charge in [0.25, 0.3) is 5.91 Å². The molecule has 0 aliphatic carbocycles. The Morgan fingerprint density at radius 1 is 1.11 bits per heavy atom. The number of hydrogen-bond donors (Lipinski definition) is 2. The van der Waals surface area contributed by atoms with Crippen LogP contribution in [0.25, 0.3) is 11.3 Å². The van der Waals surface area contributed by atoms with Crippen molar-refractivity contribution in [2.24, 2.45) is 0 Å². The predicted octanol–water partition coefficient (Wildman–Crippen LogP) is 5.37. The standard InChI is InChI=1S/C24H19ClF3N7O2S/c1-11-3-4-13(7-29-11)16-6-17(33-10-32-16)20-22(37-20)34-12(2)23-31-9-18(38-23)21(36)35-19-5-14(24(26,27)28)15(25)8-30-19/h3-10,12,20,22,34H,1-2H3,(H,30,35,36). The van der Waals surface area contributed by atoms with E-state index >= 15 is 0 Å². The van der Waals surface area contributed by atoms with Crippen LogP contribution in [0, 0.1) is 6.92 Å². The van der Waals surface area contributed by atoms with Gasteiger partial charge in [0, 0.05) is 23.7 Å². The van der Waals surface area contributed by atoms with Gasteiger partial charge in [-0.3, -0.25) is 15.1 Å². The number of nitrogens with zero attached hydrogens (tertiary/aromatic N) is 5. The second-order valence-corrected chi connectivity index (χ2v) is 9.92. The number of anilines is 1. The van der Waals surface area contributed by atoms with E-state index in [2.05, 4.69) is 35.6 Å². The van der Waals surface area contributed by atoms with Crippen molar-refractivity contribution in [2.45, 2.75) is 38.4 Å². The fourth-order valence-electron chi connectivity index (χ4n) is 3.58. The largest absolute Gasteiger partial charge is 0.418 e. The fourth-order valence-corrected chi connectivity index (χ4v) is 4.62. The molecule has 0 spiro atoms. The molecule has 0 radical (unpaired) electrons. The summed E-state index contributed by atoms with van der Waals surface area (Å²) in [6.45, 7) is 3.77. The SMILES string of the molecule is Cc1ccc(-c2cc(C3OC3NC(C)c3ncc(C(=O)Nc4cc(C(F)(F)F)c(Cl)cn4)s3)ncn2)cn1. The lowest BCUT2D eigenvalue weighted by molar-refractivity contribution is -0.137. The van der Waals surface area contributed by atoms with Crippen molar-refractivity contribution in [1.82, 2.24) is 30.2 Å². The Hall–Kier alpha value is -3.52. The molecule has 4 aromatic heterocycles. The van der Waals surface area contributed by atoms with Crippen LogP contribution < -0.4 is 10.6 Å². The van der Waals surface area contributed by atoms with Gasteiger partial charge in [0.15, 0.2) is 0 Å². The van der Waals surface area contributed by atoms with Gasteiger partial charge in [-0.1, -0.05) is 11.6 Å². The molecule has 5 heterocycles. The minimum absolute atomic E-state index is 0.208. The average Bonchev–Trinajstić information content (AvgIpc) is 3.46. The van der Waals surface area contributed by atoms with Gasteiger partial charge >= 0.3 is 6.18 Å². The summed E-state index contributed by atoms with van der Waals surface area (Å²) in [6.07, 6.45) is 0.155. The van der Waals surface area contributed by atoms with E-state index < -0.39 is 22.7 Å². The molecule has 1 aliphatic rings. The monoisotopic (exact) mass is 561 g/mol. The van der Waals surface area contributed by atoms with Gasteiger partial charge in [0.2, 0.25) is 0 Å². The number of nitrogens with one attached hydrogen (secondary N) is 2. The zero-order chi connectivity index (χ0) is 27.0. The van der Waals surface area contributed by atoms with E-state index in [0.29, 0.717) is 16.8 Å². The van der Waals surface area contributed by atoms with Crippen molar-refractivity contribution in [2.75, 3.05) is 5.32 Å². The number of carbonyl (C=O) groups excluding carboxylic acids is 1. The van der Waals surface area contributed by atoms with Gasteiger partial charge in [0.1, 0.15) is 34.4 Å². The predicted molar refractivity (Wildman–Crippen MR) is 133 cm³/mol. The van der Waals surface area contributed by atoms with Crippen molar-refractivity contribution < 1.29 is 22.7 Å². The zero-order valence-corrected chi connectivity index (χ0v) is 21.4. The van der Waals surface area contributed by atoms with Crippen LogP contribution in [0.2, 0.25) is 5.02 Å². The molecular formula is C24H19ClF3N7O2S. The van der Waals surface area contributed by atoms with Crippen LogP contribution in [0.4, 0.5) is 19.0 Å². The first-order valence-corrected chi connectivity index (χ1v) is 12.4. The summed E-state index contributed by atoms with van der Waals surface area (Å²) < 4.78 is 45.0. The smallest absolute Gasteiger partial charge is 0.346 e. The number of pyridine rings is 2. The summed E-state index contributed by atoms with van der Waals surface area (Å²) in [5, 5.41) is 5.68. The molecule has 1 fully saturated rings. The second kappa shape index (κ2) is 10.3. The Bertz CT molecular complexity index is 1480. The molecule has 0 aromatic carbocycles. The summed E-state index contributed by atoms with van der Waals surface area (Å²) in [7, 11) is 0. The number of ether oxygens (including phenoxy) is 1. The molecule has 14 heteroatoms. The van der Waals surface area contributed by atoms with Crippen LogP contribution in [-0.2, 0) is 10.9 Å². The molecule has 1 amide bonds. The highest BCUT2D eigenvalue weighted by molar-refractivity contribution is 7.13. The molecule has 5 rings (SSSR count). The number of thiazole rings is 1. The molecule has 0 bridgehead atoms. The molecule has 1 saturated heterocycles. The Balaban J connectivity index is 1.20. The minimum atomic E-state index is -4.67. The van der Waals surface area contributed by atoms with Gasteiger partial charge < -0.3 is 10.1 Å². The van der Waals surface area contributed by atoms with Crippen LogP contribution in [0.3, 0.4) is 0 Å². The van der Waals surface area contributed by atoms with Crippen LogP contribution >= 0.6 is 22.9 Å². The fraction of sp³-hybridized carbons (Fsp3) is 0.250. The molecule has 3 unspecified atom stereocenters. The number of amides is 1. The number of carbonyl (C=O) groups is 1. The molecule has 9 nitrogen and oxygen atoms in total. The number of hydrogen-bond acceptors (Lipinski definition) is 9. The first kappa shape index (κ1) is 26.1. The highest BCUT2D eigenvalue weighted by Crippen LogP contribution is 2.39. The molecule has 0 saturated carbocycles. The maximum Gasteiger partial charge on any atom is 0.418 e. The molecule has 1 aliphatic heterocycles. The van der Waals surface area contributed by atoms with Crippen LogP contribution in [0.15, 0.2) is 49.2 Å². The van der Waals surface area contributed by atoms with Crippen LogP contribution in [0.1, 0.15) is 50.7 Å². The number of alkyl halides is 3. The first-order valence-electron chi connectivity index (χ1n) is 11.2. The van der Waals surface area contributed by atoms with Gasteiger partial charge in [-0.05, 0) is 38.1 Å². The summed E-state index contributed by atoms with van der Waals surface area (Å²) in [5.74, 6) is -0.906. The number of aryl methyl sites for hydroxylation is 1. The maximum atomic E-state index is 13.1. The van der Waals surface area contributed by atoms with E-state index in [9.17, 15) is 18.0 Å². The molecule has 196 valence electrons. The van der Waals surface area contributed by atoms with Crippen molar-refractivity contribution in [3.05, 3.63) is 81.0 Å². The van der Waals surface area contributed by atoms with E-state index in [1.807, 2.05) is 32.0 Å². The lowest BCUT2D eigenvalue weighted by atomic mass is 10.1. The van der Waals surface area contributed by atoms with Gasteiger partial charge in [-0.25, -0.2) is 19.9 Å². The first-order chi connectivity index (χ1) is 18.1. The van der Waals surface area contributed by atoms with E-state index in [1.54, 1.807) is 6.20 Å². The van der Waals surface area contributed by atoms with Crippen molar-refractivity contribution in [1.29, 1.82) is 0 Å². The van der Waals surface area contributed by atoms with Crippen molar-refractivity contribution in [3.8, 4) is 11.3 Å². The normalized spacial score (nSPS) is 17.7. The van der Waals surface area contributed by atoms with E-state index in [4.69, 9.17) is 16.3 Å². The lowest BCUT2D eigenvalue weighted by Crippen LogP contribution is -2.22. The van der Waals surface area contributed by atoms with E-state index in [1.165, 1.54) is 12.5 Å². The molecule has 3 atom stereocenters. The Morgan fingerprint density at radius 2 is 1.92 bits per heavy atom. The van der Waals surface area contributed by atoms with Gasteiger partial charge in [-0.15, -0.1) is 11.3 Å². The highest BCUT2D eigenvalue weighted by atomic mass is 35.5. The summed E-state index contributed by atoms with van der Waals surface area (Å²) in [5.41, 5.74) is 2.14. The highest BCUT2D eigenvalue weighted by Gasteiger charge is 2.42. The maximum absolute atomic E-state index is 13.1.